The Morgan fingerprint density at radius 3 is 1.57 bits per heavy atom. The molecule has 0 radical (unpaired) electrons. The third-order valence-electron chi connectivity index (χ3n) is 10.4. The van der Waals surface area contributed by atoms with Gasteiger partial charge in [-0.1, -0.05) is 139 Å². The summed E-state index contributed by atoms with van der Waals surface area (Å²) in [5.41, 5.74) is 9.44. The highest BCUT2D eigenvalue weighted by Gasteiger charge is 2.23. The van der Waals surface area contributed by atoms with Gasteiger partial charge in [-0.15, -0.1) is 34.0 Å². The summed E-state index contributed by atoms with van der Waals surface area (Å²) in [7, 11) is 0. The van der Waals surface area contributed by atoms with Crippen LogP contribution in [-0.4, -0.2) is 9.97 Å². The molecule has 3 aromatic carbocycles. The summed E-state index contributed by atoms with van der Waals surface area (Å²) in [5.74, 6) is 0. The maximum atomic E-state index is 5.51. The molecule has 0 saturated carbocycles. The minimum absolute atomic E-state index is 0.953. The van der Waals surface area contributed by atoms with Crippen LogP contribution >= 0.6 is 34.0 Å². The zero-order valence-corrected chi connectivity index (χ0v) is 33.4. The molecular weight excluding hydrogens is 677 g/mol. The summed E-state index contributed by atoms with van der Waals surface area (Å²) >= 11 is 5.85. The van der Waals surface area contributed by atoms with Crippen LogP contribution in [0.2, 0.25) is 0 Å². The Labute approximate surface area is 317 Å². The molecule has 5 heteroatoms. The third kappa shape index (κ3) is 7.87. The second-order valence-corrected chi connectivity index (χ2v) is 17.8. The third-order valence-corrected chi connectivity index (χ3v) is 14.0. The van der Waals surface area contributed by atoms with Crippen LogP contribution in [0.15, 0.2) is 72.8 Å². The first kappa shape index (κ1) is 36.0. The summed E-state index contributed by atoms with van der Waals surface area (Å²) in [6.45, 7) is 9.14. The average Bonchev–Trinajstić information content (AvgIpc) is 3.86. The molecule has 264 valence electrons. The molecule has 0 amide bonds. The first-order valence-corrected chi connectivity index (χ1v) is 21.9. The quantitative estimate of drug-likeness (QED) is 0.0873. The van der Waals surface area contributed by atoms with Crippen LogP contribution in [0.1, 0.15) is 112 Å². The lowest BCUT2D eigenvalue weighted by Gasteiger charge is -2.14. The van der Waals surface area contributed by atoms with Crippen molar-refractivity contribution in [1.29, 1.82) is 0 Å². The Balaban J connectivity index is 1.35. The van der Waals surface area contributed by atoms with Crippen molar-refractivity contribution in [1.82, 2.24) is 9.97 Å². The van der Waals surface area contributed by atoms with Crippen molar-refractivity contribution in [2.75, 3.05) is 0 Å². The highest BCUT2D eigenvalue weighted by atomic mass is 32.1. The van der Waals surface area contributed by atoms with Gasteiger partial charge in [0.1, 0.15) is 11.0 Å². The van der Waals surface area contributed by atoms with E-state index < -0.39 is 0 Å². The number of hydrogen-bond acceptors (Lipinski definition) is 5. The van der Waals surface area contributed by atoms with E-state index >= 15 is 0 Å². The first-order chi connectivity index (χ1) is 25.1. The number of rotatable bonds is 17. The Bertz CT molecular complexity index is 2200. The second kappa shape index (κ2) is 17.0. The van der Waals surface area contributed by atoms with E-state index in [1.807, 2.05) is 34.0 Å². The summed E-state index contributed by atoms with van der Waals surface area (Å²) < 4.78 is 2.97. The van der Waals surface area contributed by atoms with Gasteiger partial charge < -0.3 is 0 Å². The summed E-state index contributed by atoms with van der Waals surface area (Å²) in [5, 5.41) is 3.02. The van der Waals surface area contributed by atoms with Gasteiger partial charge in [-0.05, 0) is 73.6 Å². The van der Waals surface area contributed by atoms with Crippen LogP contribution in [0.25, 0.3) is 63.5 Å². The van der Waals surface area contributed by atoms with Crippen molar-refractivity contribution in [2.45, 2.75) is 118 Å². The SMILES string of the molecule is CCCCCCCCc1c(CCCCCCCC)c2cc(-c3sc(C)c4nc(-c5ccccc5)c(-c5ccccc5)nc34)sc2c2sc(C)cc12. The van der Waals surface area contributed by atoms with Gasteiger partial charge >= 0.3 is 0 Å². The molecule has 0 aliphatic heterocycles. The van der Waals surface area contributed by atoms with E-state index in [1.54, 1.807) is 11.1 Å². The number of aryl methyl sites for hydroxylation is 4. The maximum Gasteiger partial charge on any atom is 0.109 e. The molecule has 0 aliphatic rings. The van der Waals surface area contributed by atoms with Crippen molar-refractivity contribution < 1.29 is 0 Å². The van der Waals surface area contributed by atoms with E-state index in [2.05, 4.69) is 100 Å². The van der Waals surface area contributed by atoms with Crippen molar-refractivity contribution in [3.05, 3.63) is 93.7 Å². The number of benzene rings is 3. The topological polar surface area (TPSA) is 25.8 Å². The van der Waals surface area contributed by atoms with Crippen LogP contribution in [-0.2, 0) is 12.8 Å². The van der Waals surface area contributed by atoms with Crippen molar-refractivity contribution in [2.24, 2.45) is 0 Å². The average molecular weight is 729 g/mol. The van der Waals surface area contributed by atoms with E-state index in [4.69, 9.17) is 9.97 Å². The number of nitrogens with zero attached hydrogens (tertiary/aromatic N) is 2. The fourth-order valence-electron chi connectivity index (χ4n) is 7.71. The molecular formula is C46H52N2S3. The van der Waals surface area contributed by atoms with Crippen LogP contribution < -0.4 is 0 Å². The summed E-state index contributed by atoms with van der Waals surface area (Å²) in [6.07, 6.45) is 18.4. The molecule has 0 spiro atoms. The molecule has 0 N–H and O–H groups in total. The monoisotopic (exact) mass is 728 g/mol. The lowest BCUT2D eigenvalue weighted by molar-refractivity contribution is 0.600. The Kier molecular flexibility index (Phi) is 12.0. The number of aromatic nitrogens is 2. The minimum Gasteiger partial charge on any atom is -0.243 e. The molecule has 0 aliphatic carbocycles. The van der Waals surface area contributed by atoms with E-state index in [0.717, 1.165) is 33.5 Å². The standard InChI is InChI=1S/C46H52N2S3/c1-5-7-9-11-13-21-27-35-36(28-22-14-12-10-8-6-2)38-30-39(51-45(38)44-37(35)29-31(3)49-44)46-43-40(32(4)50-46)47-41(33-23-17-15-18-24-33)42(48-43)34-25-19-16-20-26-34/h15-20,23-26,29-30H,5-14,21-22,27-28H2,1-4H3. The molecule has 0 unspecified atom stereocenters. The molecule has 51 heavy (non-hydrogen) atoms. The van der Waals surface area contributed by atoms with Gasteiger partial charge in [0.2, 0.25) is 0 Å². The number of thiophene rings is 3. The van der Waals surface area contributed by atoms with E-state index in [-0.39, 0.29) is 0 Å². The molecule has 2 nitrogen and oxygen atoms in total. The normalized spacial score (nSPS) is 11.8. The predicted molar refractivity (Wildman–Crippen MR) is 228 cm³/mol. The molecule has 0 saturated heterocycles. The van der Waals surface area contributed by atoms with Crippen molar-refractivity contribution in [3.8, 4) is 32.3 Å². The lowest BCUT2D eigenvalue weighted by Crippen LogP contribution is -1.98. The van der Waals surface area contributed by atoms with Crippen LogP contribution in [0, 0.1) is 13.8 Å². The number of fused-ring (bicyclic) bond motifs is 4. The minimum atomic E-state index is 0.953. The molecule has 4 aromatic heterocycles. The van der Waals surface area contributed by atoms with Crippen LogP contribution in [0.5, 0.6) is 0 Å². The molecule has 0 atom stereocenters. The van der Waals surface area contributed by atoms with Gasteiger partial charge in [0.25, 0.3) is 0 Å². The van der Waals surface area contributed by atoms with Gasteiger partial charge in [0, 0.05) is 25.8 Å². The van der Waals surface area contributed by atoms with E-state index in [1.165, 1.54) is 130 Å². The predicted octanol–water partition coefficient (Wildman–Crippen LogP) is 15.5. The van der Waals surface area contributed by atoms with Gasteiger partial charge in [-0.3, -0.25) is 0 Å². The van der Waals surface area contributed by atoms with E-state index in [9.17, 15) is 0 Å². The highest BCUT2D eigenvalue weighted by Crippen LogP contribution is 2.49. The van der Waals surface area contributed by atoms with Crippen molar-refractivity contribution in [3.63, 3.8) is 0 Å². The number of hydrogen-bond donors (Lipinski definition) is 0. The van der Waals surface area contributed by atoms with Gasteiger partial charge in [0.15, 0.2) is 0 Å². The molecule has 0 bridgehead atoms. The maximum absolute atomic E-state index is 5.51. The zero-order valence-electron chi connectivity index (χ0n) is 30.9. The fourth-order valence-corrected chi connectivity index (χ4v) is 11.2. The summed E-state index contributed by atoms with van der Waals surface area (Å²) in [6, 6.07) is 26.2. The van der Waals surface area contributed by atoms with Crippen molar-refractivity contribution >= 4 is 65.2 Å². The Morgan fingerprint density at radius 2 is 1.00 bits per heavy atom. The van der Waals surface area contributed by atoms with Crippen LogP contribution in [0.3, 0.4) is 0 Å². The zero-order chi connectivity index (χ0) is 35.2. The van der Waals surface area contributed by atoms with Gasteiger partial charge in [-0.25, -0.2) is 9.97 Å². The Hall–Kier alpha value is -3.38. The number of unbranched alkanes of at least 4 members (excludes halogenated alkanes) is 10. The molecule has 0 fully saturated rings. The Morgan fingerprint density at radius 1 is 0.510 bits per heavy atom. The second-order valence-electron chi connectivity index (χ2n) is 14.3. The molecule has 4 heterocycles. The lowest BCUT2D eigenvalue weighted by atomic mass is 9.91. The van der Waals surface area contributed by atoms with E-state index in [0.29, 0.717) is 0 Å². The molecule has 7 rings (SSSR count). The first-order valence-electron chi connectivity index (χ1n) is 19.5. The van der Waals surface area contributed by atoms with Gasteiger partial charge in [0.05, 0.1) is 25.7 Å². The van der Waals surface area contributed by atoms with Gasteiger partial charge in [-0.2, -0.15) is 0 Å². The molecule has 7 aromatic rings. The summed E-state index contributed by atoms with van der Waals surface area (Å²) in [4.78, 5) is 16.2. The highest BCUT2D eigenvalue weighted by molar-refractivity contribution is 7.31. The fraction of sp³-hybridized carbons (Fsp3) is 0.391. The van der Waals surface area contributed by atoms with Crippen LogP contribution in [0.4, 0.5) is 0 Å². The smallest absolute Gasteiger partial charge is 0.109 e. The largest absolute Gasteiger partial charge is 0.243 e.